The number of benzene rings is 1. The number of amides is 1. The number of rotatable bonds is 7. The minimum atomic E-state index is -3.29. The lowest BCUT2D eigenvalue weighted by Gasteiger charge is -2.34. The molecule has 23 heavy (non-hydrogen) atoms. The maximum atomic E-state index is 12.3. The second-order valence-corrected chi connectivity index (χ2v) is 7.77. The Kier molecular flexibility index (Phi) is 6.56. The SMILES string of the molecule is CCC(=O)NCCS(=O)(=O)N1CCN(Cc2ccccc2)CC1. The van der Waals surface area contributed by atoms with Gasteiger partial charge in [0.1, 0.15) is 0 Å². The average molecular weight is 339 g/mol. The molecule has 0 radical (unpaired) electrons. The van der Waals surface area contributed by atoms with Gasteiger partial charge in [-0.3, -0.25) is 9.69 Å². The van der Waals surface area contributed by atoms with Crippen LogP contribution < -0.4 is 5.32 Å². The number of carbonyl (C=O) groups is 1. The van der Waals surface area contributed by atoms with Crippen LogP contribution in [0.1, 0.15) is 18.9 Å². The zero-order valence-electron chi connectivity index (χ0n) is 13.6. The highest BCUT2D eigenvalue weighted by atomic mass is 32.2. The Bertz CT molecular complexity index is 596. The van der Waals surface area contributed by atoms with Gasteiger partial charge in [0.05, 0.1) is 5.75 Å². The summed E-state index contributed by atoms with van der Waals surface area (Å²) in [5.74, 6) is -0.148. The standard InChI is InChI=1S/C16H25N3O3S/c1-2-16(20)17-8-13-23(21,22)19-11-9-18(10-12-19)14-15-6-4-3-5-7-15/h3-7H,2,8-14H2,1H3,(H,17,20). The zero-order valence-corrected chi connectivity index (χ0v) is 14.4. The van der Waals surface area contributed by atoms with Gasteiger partial charge in [0.25, 0.3) is 0 Å². The third-order valence-electron chi connectivity index (χ3n) is 3.98. The maximum absolute atomic E-state index is 12.3. The molecule has 1 aromatic carbocycles. The maximum Gasteiger partial charge on any atom is 0.219 e. The van der Waals surface area contributed by atoms with E-state index in [-0.39, 0.29) is 18.2 Å². The molecule has 1 fully saturated rings. The summed E-state index contributed by atoms with van der Waals surface area (Å²) in [6, 6.07) is 10.2. The van der Waals surface area contributed by atoms with Crippen molar-refractivity contribution in [3.05, 3.63) is 35.9 Å². The van der Waals surface area contributed by atoms with Crippen molar-refractivity contribution in [2.24, 2.45) is 0 Å². The van der Waals surface area contributed by atoms with E-state index in [2.05, 4.69) is 22.3 Å². The topological polar surface area (TPSA) is 69.7 Å². The Balaban J connectivity index is 1.77. The Morgan fingerprint density at radius 2 is 1.78 bits per heavy atom. The Morgan fingerprint density at radius 1 is 1.13 bits per heavy atom. The van der Waals surface area contributed by atoms with E-state index in [9.17, 15) is 13.2 Å². The zero-order chi connectivity index (χ0) is 16.7. The lowest BCUT2D eigenvalue weighted by atomic mass is 10.2. The van der Waals surface area contributed by atoms with E-state index in [4.69, 9.17) is 0 Å². The molecule has 6 nitrogen and oxygen atoms in total. The van der Waals surface area contributed by atoms with Crippen molar-refractivity contribution in [3.8, 4) is 0 Å². The fourth-order valence-corrected chi connectivity index (χ4v) is 3.92. The molecule has 2 rings (SSSR count). The fourth-order valence-electron chi connectivity index (χ4n) is 2.58. The van der Waals surface area contributed by atoms with Gasteiger partial charge in [-0.05, 0) is 5.56 Å². The van der Waals surface area contributed by atoms with E-state index < -0.39 is 10.0 Å². The first kappa shape index (κ1) is 17.9. The molecule has 1 amide bonds. The van der Waals surface area contributed by atoms with Gasteiger partial charge >= 0.3 is 0 Å². The van der Waals surface area contributed by atoms with Gasteiger partial charge in [-0.1, -0.05) is 37.3 Å². The van der Waals surface area contributed by atoms with Gasteiger partial charge in [0, 0.05) is 45.7 Å². The molecule has 1 N–H and O–H groups in total. The molecule has 1 aliphatic heterocycles. The van der Waals surface area contributed by atoms with Gasteiger partial charge in [-0.15, -0.1) is 0 Å². The molecule has 0 aliphatic carbocycles. The Labute approximate surface area is 138 Å². The number of hydrogen-bond acceptors (Lipinski definition) is 4. The van der Waals surface area contributed by atoms with Crippen LogP contribution in [0.25, 0.3) is 0 Å². The number of nitrogens with one attached hydrogen (secondary N) is 1. The summed E-state index contributed by atoms with van der Waals surface area (Å²) in [6.07, 6.45) is 0.373. The first-order valence-electron chi connectivity index (χ1n) is 8.02. The van der Waals surface area contributed by atoms with Crippen LogP contribution in [0.5, 0.6) is 0 Å². The largest absolute Gasteiger partial charge is 0.355 e. The average Bonchev–Trinajstić information content (AvgIpc) is 2.56. The van der Waals surface area contributed by atoms with Crippen LogP contribution in [-0.2, 0) is 21.4 Å². The van der Waals surface area contributed by atoms with Crippen LogP contribution in [0.2, 0.25) is 0 Å². The summed E-state index contributed by atoms with van der Waals surface area (Å²) in [7, 11) is -3.29. The number of piperazine rings is 1. The van der Waals surface area contributed by atoms with Gasteiger partial charge in [-0.2, -0.15) is 4.31 Å². The second kappa shape index (κ2) is 8.42. The van der Waals surface area contributed by atoms with Gasteiger partial charge in [0.2, 0.25) is 15.9 Å². The molecule has 0 spiro atoms. The van der Waals surface area contributed by atoms with E-state index in [0.29, 0.717) is 19.5 Å². The molecule has 128 valence electrons. The molecule has 0 saturated carbocycles. The molecular weight excluding hydrogens is 314 g/mol. The lowest BCUT2D eigenvalue weighted by Crippen LogP contribution is -2.49. The number of carbonyl (C=O) groups excluding carboxylic acids is 1. The molecule has 0 aromatic heterocycles. The molecule has 1 aliphatic rings. The third kappa shape index (κ3) is 5.60. The minimum Gasteiger partial charge on any atom is -0.355 e. The summed E-state index contributed by atoms with van der Waals surface area (Å²) >= 11 is 0. The van der Waals surface area contributed by atoms with Crippen molar-refractivity contribution in [2.45, 2.75) is 19.9 Å². The van der Waals surface area contributed by atoms with Crippen LogP contribution >= 0.6 is 0 Å². The molecule has 0 unspecified atom stereocenters. The number of nitrogens with zero attached hydrogens (tertiary/aromatic N) is 2. The van der Waals surface area contributed by atoms with Crippen molar-refractivity contribution in [2.75, 3.05) is 38.5 Å². The molecule has 1 heterocycles. The van der Waals surface area contributed by atoms with Crippen LogP contribution in [0.3, 0.4) is 0 Å². The van der Waals surface area contributed by atoms with Crippen LogP contribution in [0.4, 0.5) is 0 Å². The van der Waals surface area contributed by atoms with Crippen molar-refractivity contribution < 1.29 is 13.2 Å². The summed E-state index contributed by atoms with van der Waals surface area (Å²) in [4.78, 5) is 13.4. The van der Waals surface area contributed by atoms with Gasteiger partial charge < -0.3 is 5.32 Å². The van der Waals surface area contributed by atoms with Crippen LogP contribution in [0.15, 0.2) is 30.3 Å². The van der Waals surface area contributed by atoms with E-state index >= 15 is 0 Å². The monoisotopic (exact) mass is 339 g/mol. The second-order valence-electron chi connectivity index (χ2n) is 5.68. The predicted octanol–water partition coefficient (Wildman–Crippen LogP) is 0.660. The number of hydrogen-bond donors (Lipinski definition) is 1. The highest BCUT2D eigenvalue weighted by Crippen LogP contribution is 2.11. The van der Waals surface area contributed by atoms with Crippen LogP contribution in [-0.4, -0.2) is 62.0 Å². The third-order valence-corrected chi connectivity index (χ3v) is 5.85. The molecule has 1 saturated heterocycles. The molecule has 1 aromatic rings. The summed E-state index contributed by atoms with van der Waals surface area (Å²) in [6.45, 7) is 5.26. The fraction of sp³-hybridized carbons (Fsp3) is 0.562. The highest BCUT2D eigenvalue weighted by molar-refractivity contribution is 7.89. The van der Waals surface area contributed by atoms with E-state index in [1.165, 1.54) is 9.87 Å². The van der Waals surface area contributed by atoms with E-state index in [0.717, 1.165) is 19.6 Å². The van der Waals surface area contributed by atoms with E-state index in [1.807, 2.05) is 18.2 Å². The van der Waals surface area contributed by atoms with Gasteiger partial charge in [-0.25, -0.2) is 8.42 Å². The molecular formula is C16H25N3O3S. The predicted molar refractivity (Wildman–Crippen MR) is 90.4 cm³/mol. The molecule has 0 atom stereocenters. The Hall–Kier alpha value is -1.44. The first-order valence-corrected chi connectivity index (χ1v) is 9.63. The number of sulfonamides is 1. The molecule has 0 bridgehead atoms. The van der Waals surface area contributed by atoms with E-state index in [1.54, 1.807) is 6.92 Å². The quantitative estimate of drug-likeness (QED) is 0.792. The molecule has 7 heteroatoms. The summed E-state index contributed by atoms with van der Waals surface area (Å²) in [5.41, 5.74) is 1.24. The van der Waals surface area contributed by atoms with Crippen molar-refractivity contribution >= 4 is 15.9 Å². The lowest BCUT2D eigenvalue weighted by molar-refractivity contribution is -0.120. The van der Waals surface area contributed by atoms with Crippen LogP contribution in [0, 0.1) is 0 Å². The Morgan fingerprint density at radius 3 is 2.39 bits per heavy atom. The normalized spacial score (nSPS) is 17.1. The highest BCUT2D eigenvalue weighted by Gasteiger charge is 2.26. The smallest absolute Gasteiger partial charge is 0.219 e. The first-order chi connectivity index (χ1) is 11.0. The summed E-state index contributed by atoms with van der Waals surface area (Å²) < 4.78 is 26.1. The summed E-state index contributed by atoms with van der Waals surface area (Å²) in [5, 5.41) is 2.61. The van der Waals surface area contributed by atoms with Crippen molar-refractivity contribution in [1.29, 1.82) is 0 Å². The van der Waals surface area contributed by atoms with Crippen molar-refractivity contribution in [1.82, 2.24) is 14.5 Å². The van der Waals surface area contributed by atoms with Gasteiger partial charge in [0.15, 0.2) is 0 Å². The van der Waals surface area contributed by atoms with Crippen molar-refractivity contribution in [3.63, 3.8) is 0 Å². The minimum absolute atomic E-state index is 0.0303.